The first-order valence-electron chi connectivity index (χ1n) is 4.86. The molecule has 88 valence electrons. The van der Waals surface area contributed by atoms with Crippen molar-refractivity contribution in [1.82, 2.24) is 0 Å². The van der Waals surface area contributed by atoms with Gasteiger partial charge in [0.1, 0.15) is 0 Å². The molecule has 0 heterocycles. The number of halogens is 3. The first-order valence-corrected chi connectivity index (χ1v) is 5.94. The molecular formula is C10H15F2IO2. The van der Waals surface area contributed by atoms with Gasteiger partial charge in [0.15, 0.2) is 0 Å². The molecule has 0 bridgehead atoms. The van der Waals surface area contributed by atoms with Crippen molar-refractivity contribution in [3.63, 3.8) is 0 Å². The lowest BCUT2D eigenvalue weighted by Crippen LogP contribution is -2.28. The van der Waals surface area contributed by atoms with E-state index < -0.39 is 11.9 Å². The van der Waals surface area contributed by atoms with Gasteiger partial charge in [-0.2, -0.15) is 8.78 Å². The number of rotatable bonds is 6. The fraction of sp³-hybridized carbons (Fsp3) is 0.700. The van der Waals surface area contributed by atoms with Gasteiger partial charge in [0, 0.05) is 6.08 Å². The summed E-state index contributed by atoms with van der Waals surface area (Å²) in [5.41, 5.74) is 0. The molecule has 0 radical (unpaired) electrons. The Labute approximate surface area is 102 Å². The summed E-state index contributed by atoms with van der Waals surface area (Å²) >= 11 is 1.83. The number of alkyl halides is 2. The summed E-state index contributed by atoms with van der Waals surface area (Å²) in [4.78, 5) is 10.9. The minimum atomic E-state index is -3.50. The Morgan fingerprint density at radius 3 is 2.53 bits per heavy atom. The van der Waals surface area contributed by atoms with Gasteiger partial charge in [-0.05, 0) is 45.9 Å². The highest BCUT2D eigenvalue weighted by molar-refractivity contribution is 14.1. The van der Waals surface area contributed by atoms with Crippen molar-refractivity contribution in [3.05, 3.63) is 9.66 Å². The third kappa shape index (κ3) is 6.06. The molecule has 0 N–H and O–H groups in total. The van der Waals surface area contributed by atoms with Gasteiger partial charge < -0.3 is 4.74 Å². The van der Waals surface area contributed by atoms with E-state index >= 15 is 0 Å². The van der Waals surface area contributed by atoms with E-state index in [2.05, 4.69) is 4.74 Å². The van der Waals surface area contributed by atoms with Gasteiger partial charge in [0.05, 0.1) is 6.61 Å². The lowest BCUT2D eigenvalue weighted by Gasteiger charge is -2.11. The number of allylic oxidation sites excluding steroid dienone is 1. The van der Waals surface area contributed by atoms with Crippen molar-refractivity contribution in [3.8, 4) is 0 Å². The van der Waals surface area contributed by atoms with Crippen LogP contribution in [0.3, 0.4) is 0 Å². The molecule has 0 spiro atoms. The molecule has 0 atom stereocenters. The van der Waals surface area contributed by atoms with Gasteiger partial charge >= 0.3 is 11.9 Å². The highest BCUT2D eigenvalue weighted by atomic mass is 127. The number of unbranched alkanes of at least 4 members (excludes halogenated alkanes) is 1. The van der Waals surface area contributed by atoms with Crippen LogP contribution in [-0.4, -0.2) is 18.5 Å². The van der Waals surface area contributed by atoms with Gasteiger partial charge in [-0.15, -0.1) is 0 Å². The van der Waals surface area contributed by atoms with Gasteiger partial charge in [0.25, 0.3) is 0 Å². The summed E-state index contributed by atoms with van der Waals surface area (Å²) in [5, 5.41) is 0. The molecule has 0 aliphatic heterocycles. The Balaban J connectivity index is 4.38. The van der Waals surface area contributed by atoms with Crippen LogP contribution in [0, 0.1) is 0 Å². The molecule has 0 unspecified atom stereocenters. The molecule has 0 saturated carbocycles. The summed E-state index contributed by atoms with van der Waals surface area (Å²) in [7, 11) is 0. The first-order chi connectivity index (χ1) is 6.94. The Hall–Kier alpha value is -0.200. The lowest BCUT2D eigenvalue weighted by atomic mass is 10.2. The number of hydrogen-bond donors (Lipinski definition) is 0. The van der Waals surface area contributed by atoms with Crippen molar-refractivity contribution in [2.45, 2.75) is 39.0 Å². The van der Waals surface area contributed by atoms with Crippen LogP contribution in [0.4, 0.5) is 8.78 Å². The van der Waals surface area contributed by atoms with Crippen LogP contribution in [-0.2, 0) is 9.53 Å². The third-order valence-corrected chi connectivity index (χ3v) is 2.51. The maximum Gasteiger partial charge on any atom is 0.381 e. The van der Waals surface area contributed by atoms with Crippen molar-refractivity contribution in [2.24, 2.45) is 0 Å². The molecule has 0 amide bonds. The molecule has 0 aliphatic rings. The molecule has 0 aromatic heterocycles. The van der Waals surface area contributed by atoms with Crippen molar-refractivity contribution in [1.29, 1.82) is 0 Å². The fourth-order valence-corrected chi connectivity index (χ4v) is 1.67. The monoisotopic (exact) mass is 332 g/mol. The smallest absolute Gasteiger partial charge is 0.381 e. The molecule has 0 rings (SSSR count). The van der Waals surface area contributed by atoms with Gasteiger partial charge in [0.2, 0.25) is 0 Å². The zero-order valence-electron chi connectivity index (χ0n) is 8.86. The SMILES string of the molecule is CCCCC(I)=CC(F)(F)C(=O)OCC. The molecule has 0 fully saturated rings. The maximum atomic E-state index is 13.1. The predicted octanol–water partition coefficient (Wildman–Crippen LogP) is 3.69. The minimum Gasteiger partial charge on any atom is -0.461 e. The summed E-state index contributed by atoms with van der Waals surface area (Å²) < 4.78 is 31.0. The van der Waals surface area contributed by atoms with E-state index in [9.17, 15) is 13.6 Å². The van der Waals surface area contributed by atoms with Crippen molar-refractivity contribution < 1.29 is 18.3 Å². The van der Waals surface area contributed by atoms with Gasteiger partial charge in [-0.3, -0.25) is 0 Å². The summed E-state index contributed by atoms with van der Waals surface area (Å²) in [6.07, 6.45) is 3.03. The zero-order chi connectivity index (χ0) is 11.9. The van der Waals surface area contributed by atoms with Crippen LogP contribution >= 0.6 is 22.6 Å². The summed E-state index contributed by atoms with van der Waals surface area (Å²) in [6.45, 7) is 3.45. The maximum absolute atomic E-state index is 13.1. The Morgan fingerprint density at radius 2 is 2.07 bits per heavy atom. The van der Waals surface area contributed by atoms with E-state index in [0.717, 1.165) is 12.8 Å². The van der Waals surface area contributed by atoms with Crippen LogP contribution in [0.1, 0.15) is 33.1 Å². The van der Waals surface area contributed by atoms with E-state index in [1.807, 2.05) is 29.5 Å². The normalized spacial score (nSPS) is 12.7. The number of ether oxygens (including phenoxy) is 1. The Kier molecular flexibility index (Phi) is 7.04. The van der Waals surface area contributed by atoms with E-state index in [1.165, 1.54) is 6.92 Å². The van der Waals surface area contributed by atoms with Crippen LogP contribution in [0.15, 0.2) is 9.66 Å². The Morgan fingerprint density at radius 1 is 1.47 bits per heavy atom. The highest BCUT2D eigenvalue weighted by Crippen LogP contribution is 2.25. The van der Waals surface area contributed by atoms with Gasteiger partial charge in [-0.1, -0.05) is 13.3 Å². The van der Waals surface area contributed by atoms with E-state index in [1.54, 1.807) is 0 Å². The number of carbonyl (C=O) groups excluding carboxylic acids is 1. The zero-order valence-corrected chi connectivity index (χ0v) is 11.0. The highest BCUT2D eigenvalue weighted by Gasteiger charge is 2.38. The second-order valence-electron chi connectivity index (χ2n) is 3.04. The standard InChI is InChI=1S/C10H15F2IO2/c1-3-5-6-8(13)7-10(11,12)9(14)15-4-2/h7H,3-6H2,1-2H3. The topological polar surface area (TPSA) is 26.3 Å². The second-order valence-corrected chi connectivity index (χ2v) is 4.42. The Bertz CT molecular complexity index is 240. The average Bonchev–Trinajstić information content (AvgIpc) is 2.14. The molecular weight excluding hydrogens is 317 g/mol. The van der Waals surface area contributed by atoms with E-state index in [-0.39, 0.29) is 6.61 Å². The van der Waals surface area contributed by atoms with Crippen LogP contribution in [0.5, 0.6) is 0 Å². The van der Waals surface area contributed by atoms with Gasteiger partial charge in [-0.25, -0.2) is 4.79 Å². The summed E-state index contributed by atoms with van der Waals surface area (Å²) in [5.74, 6) is -4.98. The largest absolute Gasteiger partial charge is 0.461 e. The van der Waals surface area contributed by atoms with Crippen LogP contribution in [0.25, 0.3) is 0 Å². The summed E-state index contributed by atoms with van der Waals surface area (Å²) in [6, 6.07) is 0. The quantitative estimate of drug-likeness (QED) is 0.548. The third-order valence-electron chi connectivity index (χ3n) is 1.65. The average molecular weight is 332 g/mol. The van der Waals surface area contributed by atoms with Crippen molar-refractivity contribution in [2.75, 3.05) is 6.61 Å². The van der Waals surface area contributed by atoms with Crippen LogP contribution in [0.2, 0.25) is 0 Å². The molecule has 15 heavy (non-hydrogen) atoms. The molecule has 0 saturated heterocycles. The number of hydrogen-bond acceptors (Lipinski definition) is 2. The number of esters is 1. The number of carbonyl (C=O) groups is 1. The fourth-order valence-electron chi connectivity index (χ4n) is 0.901. The van der Waals surface area contributed by atoms with E-state index in [0.29, 0.717) is 16.1 Å². The molecule has 2 nitrogen and oxygen atoms in total. The lowest BCUT2D eigenvalue weighted by molar-refractivity contribution is -0.164. The second kappa shape index (κ2) is 7.14. The molecule has 0 aromatic rings. The van der Waals surface area contributed by atoms with Crippen molar-refractivity contribution >= 4 is 28.6 Å². The molecule has 0 aliphatic carbocycles. The minimum absolute atomic E-state index is 0.0339. The first kappa shape index (κ1) is 14.8. The van der Waals surface area contributed by atoms with Crippen LogP contribution < -0.4 is 0 Å². The predicted molar refractivity (Wildman–Crippen MR) is 63.2 cm³/mol. The van der Waals surface area contributed by atoms with E-state index in [4.69, 9.17) is 0 Å². The molecule has 0 aromatic carbocycles. The molecule has 5 heteroatoms.